The van der Waals surface area contributed by atoms with Crippen LogP contribution in [0.1, 0.15) is 53.9 Å². The van der Waals surface area contributed by atoms with Crippen LogP contribution in [0.2, 0.25) is 0 Å². The van der Waals surface area contributed by atoms with Gasteiger partial charge in [0.05, 0.1) is 18.2 Å². The molecule has 36 heavy (non-hydrogen) atoms. The Morgan fingerprint density at radius 2 is 1.72 bits per heavy atom. The van der Waals surface area contributed by atoms with Gasteiger partial charge in [-0.2, -0.15) is 0 Å². The molecule has 0 spiro atoms. The van der Waals surface area contributed by atoms with Gasteiger partial charge >= 0.3 is 5.97 Å². The minimum atomic E-state index is -0.254. The van der Waals surface area contributed by atoms with Crippen LogP contribution >= 0.6 is 0 Å². The third-order valence-electron chi connectivity index (χ3n) is 7.65. The number of hydrogen-bond donors (Lipinski definition) is 1. The van der Waals surface area contributed by atoms with E-state index in [4.69, 9.17) is 4.74 Å². The number of nitrogens with one attached hydrogen (secondary N) is 1. The highest BCUT2D eigenvalue weighted by atomic mass is 16.5. The van der Waals surface area contributed by atoms with Gasteiger partial charge in [-0.1, -0.05) is 44.2 Å². The molecule has 0 radical (unpaired) electrons. The van der Waals surface area contributed by atoms with Crippen molar-refractivity contribution in [3.63, 3.8) is 0 Å². The van der Waals surface area contributed by atoms with Crippen molar-refractivity contribution in [2.45, 2.75) is 40.2 Å². The second-order valence-corrected chi connectivity index (χ2v) is 10.7. The Morgan fingerprint density at radius 3 is 2.47 bits per heavy atom. The molecule has 0 aliphatic carbocycles. The zero-order chi connectivity index (χ0) is 25.3. The zero-order valence-electron chi connectivity index (χ0n) is 21.9. The lowest BCUT2D eigenvalue weighted by molar-refractivity contribution is 0.0526. The van der Waals surface area contributed by atoms with Crippen molar-refractivity contribution < 1.29 is 9.53 Å². The molecule has 5 heteroatoms. The quantitative estimate of drug-likeness (QED) is 0.436. The Kier molecular flexibility index (Phi) is 6.65. The minimum Gasteiger partial charge on any atom is -0.462 e. The Bertz CT molecular complexity index is 1240. The van der Waals surface area contributed by atoms with E-state index in [0.29, 0.717) is 12.2 Å². The number of esters is 1. The third-order valence-corrected chi connectivity index (χ3v) is 7.65. The monoisotopic (exact) mass is 483 g/mol. The summed E-state index contributed by atoms with van der Waals surface area (Å²) in [7, 11) is 0. The smallest absolute Gasteiger partial charge is 0.338 e. The molecule has 2 aliphatic rings. The number of carbonyl (C=O) groups is 1. The van der Waals surface area contributed by atoms with Gasteiger partial charge in [-0.25, -0.2) is 4.79 Å². The first-order chi connectivity index (χ1) is 17.4. The molecule has 3 aromatic rings. The molecule has 2 heterocycles. The number of nitrogens with zero attached hydrogens (tertiary/aromatic N) is 2. The van der Waals surface area contributed by atoms with Crippen LogP contribution in [-0.2, 0) is 11.2 Å². The van der Waals surface area contributed by atoms with E-state index < -0.39 is 0 Å². The molecule has 3 aromatic carbocycles. The number of benzene rings is 3. The standard InChI is InChI=1S/C31H37N3O2/c1-5-36-30(35)24-13-14-27-25(19-24)21-31(3,4)29(32-27)23-10-8-11-26(20-23)33-15-17-34(18-16-33)28-12-7-6-9-22(28)2/h6-14,19-20,29,32H,5,15-18,21H2,1-4H3. The number of ether oxygens (including phenoxy) is 1. The molecule has 1 fully saturated rings. The maximum atomic E-state index is 12.2. The van der Waals surface area contributed by atoms with Crippen LogP contribution in [0, 0.1) is 12.3 Å². The van der Waals surface area contributed by atoms with Crippen LogP contribution < -0.4 is 15.1 Å². The topological polar surface area (TPSA) is 44.8 Å². The van der Waals surface area contributed by atoms with Crippen molar-refractivity contribution in [3.8, 4) is 0 Å². The fraction of sp³-hybridized carbons (Fsp3) is 0.387. The summed E-state index contributed by atoms with van der Waals surface area (Å²) in [5.74, 6) is -0.254. The van der Waals surface area contributed by atoms with Gasteiger partial charge in [0, 0.05) is 43.2 Å². The normalized spacial score (nSPS) is 18.8. The second-order valence-electron chi connectivity index (χ2n) is 10.7. The van der Waals surface area contributed by atoms with Gasteiger partial charge in [0.2, 0.25) is 0 Å². The lowest BCUT2D eigenvalue weighted by atomic mass is 9.72. The van der Waals surface area contributed by atoms with E-state index in [1.54, 1.807) is 0 Å². The van der Waals surface area contributed by atoms with Gasteiger partial charge in [-0.15, -0.1) is 0 Å². The molecule has 0 saturated carbocycles. The number of hydrogen-bond acceptors (Lipinski definition) is 5. The average molecular weight is 484 g/mol. The molecule has 0 bridgehead atoms. The van der Waals surface area contributed by atoms with Gasteiger partial charge in [0.15, 0.2) is 0 Å². The summed E-state index contributed by atoms with van der Waals surface area (Å²) < 4.78 is 5.20. The van der Waals surface area contributed by atoms with Gasteiger partial charge in [0.1, 0.15) is 0 Å². The number of rotatable bonds is 5. The van der Waals surface area contributed by atoms with Crippen LogP contribution in [0.3, 0.4) is 0 Å². The second kappa shape index (κ2) is 9.88. The number of carbonyl (C=O) groups excluding carboxylic acids is 1. The number of para-hydroxylation sites is 1. The van der Waals surface area contributed by atoms with Crippen LogP contribution in [0.5, 0.6) is 0 Å². The van der Waals surface area contributed by atoms with Crippen LogP contribution in [0.4, 0.5) is 17.1 Å². The zero-order valence-corrected chi connectivity index (χ0v) is 21.9. The molecular formula is C31H37N3O2. The SMILES string of the molecule is CCOC(=O)c1ccc2c(c1)CC(C)(C)C(c1cccc(N3CCN(c4ccccc4C)CC3)c1)N2. The van der Waals surface area contributed by atoms with Crippen molar-refractivity contribution in [1.82, 2.24) is 0 Å². The Balaban J connectivity index is 1.32. The highest BCUT2D eigenvalue weighted by Crippen LogP contribution is 2.45. The summed E-state index contributed by atoms with van der Waals surface area (Å²) in [5.41, 5.74) is 8.17. The van der Waals surface area contributed by atoms with Gasteiger partial charge in [0.25, 0.3) is 0 Å². The number of aryl methyl sites for hydroxylation is 1. The molecule has 2 aliphatic heterocycles. The fourth-order valence-electron chi connectivity index (χ4n) is 5.73. The van der Waals surface area contributed by atoms with E-state index in [0.717, 1.165) is 38.3 Å². The number of fused-ring (bicyclic) bond motifs is 1. The Hall–Kier alpha value is -3.47. The molecule has 0 amide bonds. The lowest BCUT2D eigenvalue weighted by Crippen LogP contribution is -2.46. The number of anilines is 3. The Morgan fingerprint density at radius 1 is 0.972 bits per heavy atom. The summed E-state index contributed by atoms with van der Waals surface area (Å²) >= 11 is 0. The van der Waals surface area contributed by atoms with Crippen molar-refractivity contribution in [1.29, 1.82) is 0 Å². The van der Waals surface area contributed by atoms with E-state index >= 15 is 0 Å². The highest BCUT2D eigenvalue weighted by molar-refractivity contribution is 5.90. The molecular weight excluding hydrogens is 446 g/mol. The fourth-order valence-corrected chi connectivity index (χ4v) is 5.73. The van der Waals surface area contributed by atoms with Crippen LogP contribution in [0.25, 0.3) is 0 Å². The van der Waals surface area contributed by atoms with Gasteiger partial charge in [-0.3, -0.25) is 0 Å². The van der Waals surface area contributed by atoms with Crippen molar-refractivity contribution >= 4 is 23.0 Å². The maximum absolute atomic E-state index is 12.2. The van der Waals surface area contributed by atoms with Gasteiger partial charge < -0.3 is 19.9 Å². The molecule has 1 N–H and O–H groups in total. The molecule has 5 nitrogen and oxygen atoms in total. The van der Waals surface area contributed by atoms with Gasteiger partial charge in [-0.05, 0) is 78.8 Å². The largest absolute Gasteiger partial charge is 0.462 e. The maximum Gasteiger partial charge on any atom is 0.338 e. The molecule has 1 atom stereocenters. The van der Waals surface area contributed by atoms with E-state index in [1.807, 2.05) is 25.1 Å². The Labute approximate surface area is 215 Å². The highest BCUT2D eigenvalue weighted by Gasteiger charge is 2.36. The van der Waals surface area contributed by atoms with Crippen molar-refractivity contribution in [2.24, 2.45) is 5.41 Å². The summed E-state index contributed by atoms with van der Waals surface area (Å²) in [4.78, 5) is 17.2. The predicted molar refractivity (Wildman–Crippen MR) is 148 cm³/mol. The number of piperazine rings is 1. The first kappa shape index (κ1) is 24.2. The van der Waals surface area contributed by atoms with E-state index in [9.17, 15) is 4.79 Å². The molecule has 0 aromatic heterocycles. The molecule has 188 valence electrons. The van der Waals surface area contributed by atoms with Crippen LogP contribution in [0.15, 0.2) is 66.7 Å². The first-order valence-corrected chi connectivity index (χ1v) is 13.1. The lowest BCUT2D eigenvalue weighted by Gasteiger charge is -2.42. The first-order valence-electron chi connectivity index (χ1n) is 13.1. The average Bonchev–Trinajstić information content (AvgIpc) is 2.88. The van der Waals surface area contributed by atoms with E-state index in [-0.39, 0.29) is 17.4 Å². The van der Waals surface area contributed by atoms with E-state index in [1.165, 1.54) is 28.1 Å². The summed E-state index contributed by atoms with van der Waals surface area (Å²) in [6, 6.07) is 23.8. The minimum absolute atomic E-state index is 0.0115. The van der Waals surface area contributed by atoms with Crippen molar-refractivity contribution in [3.05, 3.63) is 89.0 Å². The third kappa shape index (κ3) is 4.79. The van der Waals surface area contributed by atoms with E-state index in [2.05, 4.69) is 84.4 Å². The summed E-state index contributed by atoms with van der Waals surface area (Å²) in [5, 5.41) is 3.79. The van der Waals surface area contributed by atoms with Crippen LogP contribution in [-0.4, -0.2) is 38.8 Å². The molecule has 1 unspecified atom stereocenters. The summed E-state index contributed by atoms with van der Waals surface area (Å²) in [6.07, 6.45) is 0.895. The molecule has 1 saturated heterocycles. The van der Waals surface area contributed by atoms with Crippen molar-refractivity contribution in [2.75, 3.05) is 47.9 Å². The summed E-state index contributed by atoms with van der Waals surface area (Å²) in [6.45, 7) is 13.1. The predicted octanol–water partition coefficient (Wildman–Crippen LogP) is 6.23. The molecule has 5 rings (SSSR count).